The Morgan fingerprint density at radius 2 is 1.77 bits per heavy atom. The second-order valence-corrected chi connectivity index (χ2v) is 3.21. The van der Waals surface area contributed by atoms with Gasteiger partial charge < -0.3 is 0 Å². The lowest BCUT2D eigenvalue weighted by atomic mass is 10.0. The van der Waals surface area contributed by atoms with Crippen molar-refractivity contribution < 1.29 is 4.84 Å². The minimum atomic E-state index is 0. The van der Waals surface area contributed by atoms with E-state index in [-0.39, 0.29) is 12.4 Å². The van der Waals surface area contributed by atoms with Crippen LogP contribution in [0.15, 0.2) is 24.3 Å². The van der Waals surface area contributed by atoms with E-state index in [1.807, 2.05) is 12.1 Å². The molecule has 0 heterocycles. The van der Waals surface area contributed by atoms with Crippen LogP contribution in [0.3, 0.4) is 0 Å². The molecule has 13 heavy (non-hydrogen) atoms. The first-order valence-electron chi connectivity index (χ1n) is 4.14. The van der Waals surface area contributed by atoms with Gasteiger partial charge in [0.25, 0.3) is 0 Å². The van der Waals surface area contributed by atoms with Crippen molar-refractivity contribution in [1.82, 2.24) is 0 Å². The van der Waals surface area contributed by atoms with Crippen molar-refractivity contribution >= 4 is 12.4 Å². The van der Waals surface area contributed by atoms with Gasteiger partial charge in [-0.2, -0.15) is 0 Å². The smallest absolute Gasteiger partial charge is 0.0930 e. The van der Waals surface area contributed by atoms with Gasteiger partial charge in [-0.05, 0) is 17.0 Å². The summed E-state index contributed by atoms with van der Waals surface area (Å²) >= 11 is 0. The monoisotopic (exact) mass is 201 g/mol. The van der Waals surface area contributed by atoms with E-state index in [0.29, 0.717) is 12.5 Å². The van der Waals surface area contributed by atoms with Gasteiger partial charge in [0.15, 0.2) is 0 Å². The fraction of sp³-hybridized carbons (Fsp3) is 0.400. The fourth-order valence-electron chi connectivity index (χ4n) is 1.09. The summed E-state index contributed by atoms with van der Waals surface area (Å²) in [5.41, 5.74) is 2.46. The van der Waals surface area contributed by atoms with Crippen LogP contribution in [-0.4, -0.2) is 0 Å². The number of hydrogen-bond donors (Lipinski definition) is 1. The van der Waals surface area contributed by atoms with Crippen LogP contribution in [0.2, 0.25) is 0 Å². The van der Waals surface area contributed by atoms with Gasteiger partial charge >= 0.3 is 0 Å². The second-order valence-electron chi connectivity index (χ2n) is 3.21. The molecule has 1 rings (SSSR count). The molecule has 0 saturated heterocycles. The van der Waals surface area contributed by atoms with Crippen molar-refractivity contribution in [2.75, 3.05) is 0 Å². The Balaban J connectivity index is 0.00000144. The van der Waals surface area contributed by atoms with E-state index in [0.717, 1.165) is 5.56 Å². The molecule has 0 amide bonds. The first-order valence-corrected chi connectivity index (χ1v) is 4.14. The maximum atomic E-state index is 4.96. The van der Waals surface area contributed by atoms with E-state index in [1.54, 1.807) is 0 Å². The first-order chi connectivity index (χ1) is 5.74. The Morgan fingerprint density at radius 1 is 1.23 bits per heavy atom. The number of nitrogens with two attached hydrogens (primary N) is 1. The van der Waals surface area contributed by atoms with Crippen molar-refractivity contribution in [3.63, 3.8) is 0 Å². The molecule has 0 bridgehead atoms. The van der Waals surface area contributed by atoms with Gasteiger partial charge in [-0.15, -0.1) is 12.4 Å². The third-order valence-electron chi connectivity index (χ3n) is 1.90. The van der Waals surface area contributed by atoms with Crippen LogP contribution in [0.25, 0.3) is 0 Å². The third kappa shape index (κ3) is 3.77. The van der Waals surface area contributed by atoms with Gasteiger partial charge in [-0.1, -0.05) is 38.1 Å². The summed E-state index contributed by atoms with van der Waals surface area (Å²) in [6, 6.07) is 8.31. The van der Waals surface area contributed by atoms with E-state index < -0.39 is 0 Å². The van der Waals surface area contributed by atoms with E-state index >= 15 is 0 Å². The fourth-order valence-corrected chi connectivity index (χ4v) is 1.09. The molecule has 74 valence electrons. The maximum absolute atomic E-state index is 4.96. The molecule has 0 atom stereocenters. The molecule has 2 N–H and O–H groups in total. The lowest BCUT2D eigenvalue weighted by molar-refractivity contribution is 0.124. The predicted octanol–water partition coefficient (Wildman–Crippen LogP) is 2.62. The molecule has 0 fully saturated rings. The highest BCUT2D eigenvalue weighted by atomic mass is 35.5. The molecule has 3 heteroatoms. The largest absolute Gasteiger partial charge is 0.300 e. The Morgan fingerprint density at radius 3 is 2.15 bits per heavy atom. The van der Waals surface area contributed by atoms with Crippen LogP contribution in [0.1, 0.15) is 30.9 Å². The SMILES string of the molecule is CC(C)c1ccc(CON)cc1.Cl. The molecule has 0 unspecified atom stereocenters. The third-order valence-corrected chi connectivity index (χ3v) is 1.90. The van der Waals surface area contributed by atoms with Gasteiger partial charge in [0.2, 0.25) is 0 Å². The molecule has 0 aliphatic rings. The highest BCUT2D eigenvalue weighted by Crippen LogP contribution is 2.14. The summed E-state index contributed by atoms with van der Waals surface area (Å²) < 4.78 is 0. The maximum Gasteiger partial charge on any atom is 0.0930 e. The molecule has 0 radical (unpaired) electrons. The summed E-state index contributed by atoms with van der Waals surface area (Å²) in [5, 5.41) is 0. The molecule has 0 aromatic heterocycles. The molecule has 0 spiro atoms. The average molecular weight is 202 g/mol. The van der Waals surface area contributed by atoms with Crippen molar-refractivity contribution in [1.29, 1.82) is 0 Å². The number of halogens is 1. The Hall–Kier alpha value is -0.570. The van der Waals surface area contributed by atoms with Crippen molar-refractivity contribution in [3.8, 4) is 0 Å². The first kappa shape index (κ1) is 12.4. The normalized spacial score (nSPS) is 9.85. The van der Waals surface area contributed by atoms with Crippen LogP contribution in [-0.2, 0) is 11.4 Å². The summed E-state index contributed by atoms with van der Waals surface area (Å²) in [4.78, 5) is 4.53. The Bertz CT molecular complexity index is 233. The minimum absolute atomic E-state index is 0. The zero-order chi connectivity index (χ0) is 8.97. The van der Waals surface area contributed by atoms with Crippen LogP contribution in [0.4, 0.5) is 0 Å². The van der Waals surface area contributed by atoms with Crippen molar-refractivity contribution in [2.45, 2.75) is 26.4 Å². The number of benzene rings is 1. The van der Waals surface area contributed by atoms with Crippen molar-refractivity contribution in [2.24, 2.45) is 5.90 Å². The average Bonchev–Trinajstić information content (AvgIpc) is 2.06. The van der Waals surface area contributed by atoms with E-state index in [9.17, 15) is 0 Å². The highest BCUT2D eigenvalue weighted by Gasteiger charge is 1.97. The second kappa shape index (κ2) is 5.97. The molecule has 1 aromatic carbocycles. The zero-order valence-corrected chi connectivity index (χ0v) is 8.80. The summed E-state index contributed by atoms with van der Waals surface area (Å²) in [6.45, 7) is 4.83. The Labute approximate surface area is 85.5 Å². The van der Waals surface area contributed by atoms with Crippen LogP contribution < -0.4 is 5.90 Å². The van der Waals surface area contributed by atoms with E-state index in [4.69, 9.17) is 5.90 Å². The van der Waals surface area contributed by atoms with Gasteiger partial charge in [0, 0.05) is 0 Å². The number of hydrogen-bond acceptors (Lipinski definition) is 2. The van der Waals surface area contributed by atoms with Gasteiger partial charge in [0.05, 0.1) is 6.61 Å². The Kier molecular flexibility index (Phi) is 5.71. The topological polar surface area (TPSA) is 35.2 Å². The molecule has 0 aliphatic carbocycles. The molecular formula is C10H16ClNO. The van der Waals surface area contributed by atoms with Crippen LogP contribution in [0, 0.1) is 0 Å². The quantitative estimate of drug-likeness (QED) is 0.764. The van der Waals surface area contributed by atoms with Crippen LogP contribution in [0.5, 0.6) is 0 Å². The summed E-state index contributed by atoms with van der Waals surface area (Å²) in [6.07, 6.45) is 0. The standard InChI is InChI=1S/C10H15NO.ClH/c1-8(2)10-5-3-9(4-6-10)7-12-11;/h3-6,8H,7,11H2,1-2H3;1H. The minimum Gasteiger partial charge on any atom is -0.300 e. The highest BCUT2D eigenvalue weighted by molar-refractivity contribution is 5.85. The molecular weight excluding hydrogens is 186 g/mol. The van der Waals surface area contributed by atoms with E-state index in [1.165, 1.54) is 5.56 Å². The lowest BCUT2D eigenvalue weighted by Gasteiger charge is -2.05. The van der Waals surface area contributed by atoms with Gasteiger partial charge in [0.1, 0.15) is 0 Å². The summed E-state index contributed by atoms with van der Waals surface area (Å²) in [5.74, 6) is 5.54. The van der Waals surface area contributed by atoms with E-state index in [2.05, 4.69) is 30.8 Å². The lowest BCUT2D eigenvalue weighted by Crippen LogP contribution is -1.98. The van der Waals surface area contributed by atoms with Gasteiger partial charge in [-0.25, -0.2) is 5.90 Å². The number of rotatable bonds is 3. The van der Waals surface area contributed by atoms with Gasteiger partial charge in [-0.3, -0.25) is 4.84 Å². The molecule has 2 nitrogen and oxygen atoms in total. The van der Waals surface area contributed by atoms with Crippen molar-refractivity contribution in [3.05, 3.63) is 35.4 Å². The summed E-state index contributed by atoms with van der Waals surface area (Å²) in [7, 11) is 0. The zero-order valence-electron chi connectivity index (χ0n) is 7.99. The molecule has 0 aliphatic heterocycles. The predicted molar refractivity (Wildman–Crippen MR) is 56.8 cm³/mol. The van der Waals surface area contributed by atoms with Crippen LogP contribution >= 0.6 is 12.4 Å². The molecule has 1 aromatic rings. The molecule has 0 saturated carbocycles.